The maximum atomic E-state index is 13.1. The number of fused-ring (bicyclic) bond motifs is 3. The van der Waals surface area contributed by atoms with Crippen molar-refractivity contribution in [1.82, 2.24) is 15.1 Å². The van der Waals surface area contributed by atoms with E-state index in [1.54, 1.807) is 24.3 Å². The van der Waals surface area contributed by atoms with Crippen LogP contribution in [0.15, 0.2) is 83.8 Å². The van der Waals surface area contributed by atoms with Crippen molar-refractivity contribution in [3.05, 3.63) is 140 Å². The number of β-amino-alcohol motifs (C(OH)–C–C–N with tert-alkyl or cyclic N) is 1. The second-order valence-electron chi connectivity index (χ2n) is 14.9. The molecule has 4 aromatic carbocycles. The fourth-order valence-corrected chi connectivity index (χ4v) is 7.89. The molecule has 4 N–H and O–H groups in total. The molecule has 4 aromatic rings. The Morgan fingerprint density at radius 2 is 1.30 bits per heavy atom. The minimum Gasteiger partial charge on any atom is -0.390 e. The zero-order valence-corrected chi connectivity index (χ0v) is 33.4. The molecule has 5 heterocycles. The first-order chi connectivity index (χ1) is 28.3. The summed E-state index contributed by atoms with van der Waals surface area (Å²) in [6.45, 7) is 8.49. The number of nitrogens with two attached hydrogens (primary N) is 1. The molecule has 2 fully saturated rings. The third-order valence-electron chi connectivity index (χ3n) is 10.3. The van der Waals surface area contributed by atoms with E-state index in [0.29, 0.717) is 25.8 Å². The predicted molar refractivity (Wildman–Crippen MR) is 240 cm³/mol. The van der Waals surface area contributed by atoms with Crippen LogP contribution in [0.25, 0.3) is 0 Å². The topological polar surface area (TPSA) is 176 Å². The predicted octanol–water partition coefficient (Wildman–Crippen LogP) is 6.80. The molecule has 5 aliphatic rings. The Kier molecular flexibility index (Phi) is 22.5. The van der Waals surface area contributed by atoms with Gasteiger partial charge >= 0.3 is 0 Å². The minimum atomic E-state index is -3.96. The number of nitro benzene ring substituents is 1. The SMILES string of the molecule is C.C.C.C.Fc1ccc2c(c1)CN(C[C@@H]1CO1)CC2.Fc1ccc2c(c1)CNCC2.NC[C@H](O)CN1CCc2ccc(F)cc2C1.O=[N+]([O-])c1cccc(S(=O)(=O)OCC2CO2)c1. The Morgan fingerprint density at radius 1 is 0.778 bits per heavy atom. The van der Waals surface area contributed by atoms with Crippen LogP contribution in [0, 0.1) is 27.6 Å². The lowest BCUT2D eigenvalue weighted by molar-refractivity contribution is -0.385. The van der Waals surface area contributed by atoms with E-state index in [-0.39, 0.29) is 77.0 Å². The summed E-state index contributed by atoms with van der Waals surface area (Å²) < 4.78 is 76.8. The van der Waals surface area contributed by atoms with Crippen LogP contribution >= 0.6 is 0 Å². The number of nitrogens with zero attached hydrogens (tertiary/aromatic N) is 3. The summed E-state index contributed by atoms with van der Waals surface area (Å²) in [6, 6.07) is 19.8. The van der Waals surface area contributed by atoms with Crippen molar-refractivity contribution < 1.29 is 45.3 Å². The minimum absolute atomic E-state index is 0. The van der Waals surface area contributed by atoms with Crippen molar-refractivity contribution in [2.45, 2.75) is 91.8 Å². The molecule has 17 heteroatoms. The largest absolute Gasteiger partial charge is 0.390 e. The van der Waals surface area contributed by atoms with Crippen molar-refractivity contribution in [3.8, 4) is 0 Å². The third kappa shape index (κ3) is 17.3. The third-order valence-corrected chi connectivity index (χ3v) is 11.6. The lowest BCUT2D eigenvalue weighted by Crippen LogP contribution is -2.39. The highest BCUT2D eigenvalue weighted by molar-refractivity contribution is 7.86. The second kappa shape index (κ2) is 25.9. The summed E-state index contributed by atoms with van der Waals surface area (Å²) in [5.41, 5.74) is 12.1. The van der Waals surface area contributed by atoms with E-state index in [0.717, 1.165) is 87.9 Å². The number of aliphatic hydroxyl groups excluding tert-OH is 1. The quantitative estimate of drug-likeness (QED) is 0.0658. The number of hydrogen-bond donors (Lipinski definition) is 3. The van der Waals surface area contributed by atoms with E-state index in [1.165, 1.54) is 47.0 Å². The highest BCUT2D eigenvalue weighted by atomic mass is 32.2. The summed E-state index contributed by atoms with van der Waals surface area (Å²) in [5.74, 6) is -0.453. The number of hydrogen-bond acceptors (Lipinski definition) is 12. The average Bonchev–Trinajstić information content (AvgIpc) is 4.18. The van der Waals surface area contributed by atoms with E-state index in [4.69, 9.17) is 19.4 Å². The van der Waals surface area contributed by atoms with Crippen LogP contribution in [0.5, 0.6) is 0 Å². The lowest BCUT2D eigenvalue weighted by atomic mass is 9.99. The Hall–Kier alpha value is -4.30. The van der Waals surface area contributed by atoms with E-state index < -0.39 is 21.1 Å². The van der Waals surface area contributed by atoms with E-state index in [2.05, 4.69) is 15.1 Å². The van der Waals surface area contributed by atoms with Crippen LogP contribution in [0.4, 0.5) is 18.9 Å². The summed E-state index contributed by atoms with van der Waals surface area (Å²) in [7, 11) is -3.96. The smallest absolute Gasteiger partial charge is 0.297 e. The van der Waals surface area contributed by atoms with E-state index in [9.17, 15) is 36.8 Å². The number of epoxide rings is 2. The van der Waals surface area contributed by atoms with Gasteiger partial charge in [-0.2, -0.15) is 8.42 Å². The molecule has 0 radical (unpaired) electrons. The number of benzene rings is 4. The molecular formula is C46H66F3N5O8S. The number of nitrogens with one attached hydrogen (secondary N) is 1. The van der Waals surface area contributed by atoms with Gasteiger partial charge in [0.1, 0.15) is 28.5 Å². The Morgan fingerprint density at radius 3 is 1.84 bits per heavy atom. The fourth-order valence-electron chi connectivity index (χ4n) is 6.91. The van der Waals surface area contributed by atoms with Crippen LogP contribution < -0.4 is 11.1 Å². The number of nitro groups is 1. The van der Waals surface area contributed by atoms with Crippen LogP contribution in [0.3, 0.4) is 0 Å². The molecule has 0 aliphatic carbocycles. The van der Waals surface area contributed by atoms with Crippen molar-refractivity contribution in [1.29, 1.82) is 0 Å². The lowest BCUT2D eigenvalue weighted by Gasteiger charge is -2.30. The molecule has 0 amide bonds. The molecular weight excluding hydrogens is 840 g/mol. The highest BCUT2D eigenvalue weighted by Gasteiger charge is 2.28. The molecule has 2 saturated heterocycles. The van der Waals surface area contributed by atoms with Crippen molar-refractivity contribution in [3.63, 3.8) is 0 Å². The van der Waals surface area contributed by atoms with Crippen LogP contribution in [-0.4, -0.2) is 106 Å². The molecule has 350 valence electrons. The first kappa shape index (κ1) is 54.8. The summed E-state index contributed by atoms with van der Waals surface area (Å²) >= 11 is 0. The van der Waals surface area contributed by atoms with Crippen molar-refractivity contribution in [2.24, 2.45) is 5.73 Å². The van der Waals surface area contributed by atoms with Crippen LogP contribution in [-0.2, 0) is 62.7 Å². The molecule has 0 bridgehead atoms. The van der Waals surface area contributed by atoms with Gasteiger partial charge in [0, 0.05) is 64.5 Å². The van der Waals surface area contributed by atoms with Gasteiger partial charge in [-0.25, -0.2) is 13.2 Å². The molecule has 1 unspecified atom stereocenters. The molecule has 13 nitrogen and oxygen atoms in total. The fraction of sp³-hybridized carbons (Fsp3) is 0.478. The maximum absolute atomic E-state index is 13.1. The molecule has 0 saturated carbocycles. The van der Waals surface area contributed by atoms with E-state index >= 15 is 0 Å². The number of halogens is 3. The normalized spacial score (nSPS) is 18.5. The molecule has 3 atom stereocenters. The van der Waals surface area contributed by atoms with Crippen molar-refractivity contribution >= 4 is 15.8 Å². The molecule has 5 aliphatic heterocycles. The summed E-state index contributed by atoms with van der Waals surface area (Å²) in [4.78, 5) is 14.1. The van der Waals surface area contributed by atoms with Crippen LogP contribution in [0.2, 0.25) is 0 Å². The first-order valence-electron chi connectivity index (χ1n) is 19.6. The van der Waals surface area contributed by atoms with E-state index in [1.807, 2.05) is 18.2 Å². The van der Waals surface area contributed by atoms with Gasteiger partial charge in [0.25, 0.3) is 15.8 Å². The Labute approximate surface area is 371 Å². The highest BCUT2D eigenvalue weighted by Crippen LogP contribution is 2.24. The van der Waals surface area contributed by atoms with Gasteiger partial charge < -0.3 is 25.6 Å². The molecule has 0 spiro atoms. The van der Waals surface area contributed by atoms with Crippen LogP contribution in [0.1, 0.15) is 63.1 Å². The monoisotopic (exact) mass is 905 g/mol. The zero-order chi connectivity index (χ0) is 41.9. The van der Waals surface area contributed by atoms with Gasteiger partial charge in [-0.3, -0.25) is 24.1 Å². The van der Waals surface area contributed by atoms with Gasteiger partial charge in [0.2, 0.25) is 0 Å². The summed E-state index contributed by atoms with van der Waals surface area (Å²) in [6.07, 6.45) is 2.71. The summed E-state index contributed by atoms with van der Waals surface area (Å²) in [5, 5.41) is 23.2. The molecule has 0 aromatic heterocycles. The molecule has 9 rings (SSSR count). The maximum Gasteiger partial charge on any atom is 0.297 e. The Balaban J connectivity index is 0.000000285. The Bertz CT molecular complexity index is 2160. The van der Waals surface area contributed by atoms with Gasteiger partial charge in [-0.1, -0.05) is 54.0 Å². The second-order valence-corrected chi connectivity index (χ2v) is 16.5. The molecule has 63 heavy (non-hydrogen) atoms. The number of ether oxygens (including phenoxy) is 2. The zero-order valence-electron chi connectivity index (χ0n) is 32.6. The standard InChI is InChI=1S/C12H17FN2O.C12H14FNO.C9H10FN.C9H9NO6S.4CH4/c13-11-2-1-9-3-4-15(7-10(9)5-11)8-12(16)6-14;13-11-2-1-9-3-4-14(6-10(9)5-11)7-12-8-15-12;10-9-2-1-7-3-4-11-6-8(7)5-9;11-10(12)7-2-1-3-9(4-7)17(13,14)16-6-8-5-15-8;;;;/h1-2,5,12,16H,3-4,6-8,14H2;1-2,5,12H,3-4,6-8H2;1-2,5,11H,3-4,6H2;1-4,8H,5-6H2;4*1H4/t2*12-;;;;;;/m01....../s1. The number of rotatable bonds is 10. The average molecular weight is 906 g/mol. The number of aliphatic hydroxyl groups is 1. The van der Waals surface area contributed by atoms with Gasteiger partial charge in [0.15, 0.2) is 0 Å². The first-order valence-corrected chi connectivity index (χ1v) is 21.0. The van der Waals surface area contributed by atoms with Gasteiger partial charge in [-0.15, -0.1) is 0 Å². The van der Waals surface area contributed by atoms with Gasteiger partial charge in [0.05, 0.1) is 37.0 Å². The van der Waals surface area contributed by atoms with Crippen molar-refractivity contribution in [2.75, 3.05) is 59.1 Å². The number of non-ortho nitro benzene ring substituents is 1. The van der Waals surface area contributed by atoms with Gasteiger partial charge in [-0.05, 0) is 102 Å².